The number of nitrogens with zero attached hydrogens (tertiary/aromatic N) is 6. The van der Waals surface area contributed by atoms with E-state index in [9.17, 15) is 42.8 Å². The number of hydrogen-bond acceptors (Lipinski definition) is 17. The number of carbonyl (C=O) groups is 3. The second-order valence-corrected chi connectivity index (χ2v) is 13.1. The largest absolute Gasteiger partial charge is 0.756 e. The average molecular weight is 733 g/mol. The number of ether oxygens (including phenoxy) is 3. The third-order valence-electron chi connectivity index (χ3n) is 4.96. The number of phosphoric acid groups is 3. The highest BCUT2D eigenvalue weighted by Crippen LogP contribution is 2.61. The molecule has 0 radical (unpaired) electrons. The van der Waals surface area contributed by atoms with Crippen molar-refractivity contribution in [2.24, 2.45) is 10.2 Å². The average Bonchev–Trinajstić information content (AvgIpc) is 3.29. The predicted octanol–water partition coefficient (Wildman–Crippen LogP) is 0.164. The lowest BCUT2D eigenvalue weighted by Crippen LogP contribution is -2.38. The van der Waals surface area contributed by atoms with Gasteiger partial charge in [0, 0.05) is 29.2 Å². The number of ketones is 1. The third-order valence-corrected chi connectivity index (χ3v) is 8.66. The number of rotatable bonds is 19. The van der Waals surface area contributed by atoms with Crippen molar-refractivity contribution >= 4 is 41.3 Å². The maximum Gasteiger partial charge on any atom is 0.407 e. The molecule has 0 spiro atoms. The highest BCUT2D eigenvalue weighted by atomic mass is 31.3. The second kappa shape index (κ2) is 22.5. The number of alkyl carbamates (subject to hydrolysis) is 1. The van der Waals surface area contributed by atoms with Gasteiger partial charge < -0.3 is 53.7 Å². The van der Waals surface area contributed by atoms with Crippen LogP contribution in [0.1, 0.15) is 40.0 Å². The molecule has 0 bridgehead atoms. The molecular weight excluding hydrogens is 701 g/mol. The predicted molar refractivity (Wildman–Crippen MR) is 150 cm³/mol. The van der Waals surface area contributed by atoms with Crippen LogP contribution in [0.25, 0.3) is 20.9 Å². The highest BCUT2D eigenvalue weighted by Gasteiger charge is 2.35. The van der Waals surface area contributed by atoms with Gasteiger partial charge in [-0.15, -0.1) is 5.92 Å². The first-order chi connectivity index (χ1) is 21.8. The Labute approximate surface area is 267 Å². The first-order valence-corrected chi connectivity index (χ1v) is 17.4. The summed E-state index contributed by atoms with van der Waals surface area (Å²) in [7, 11) is -17.3. The Bertz CT molecular complexity index is 1360. The van der Waals surface area contributed by atoms with Gasteiger partial charge in [-0.2, -0.15) is 0 Å². The van der Waals surface area contributed by atoms with Crippen molar-refractivity contribution in [3.05, 3.63) is 20.9 Å². The van der Waals surface area contributed by atoms with Crippen LogP contribution >= 0.6 is 23.5 Å². The summed E-state index contributed by atoms with van der Waals surface area (Å²) in [6, 6.07) is -1.16. The van der Waals surface area contributed by atoms with Gasteiger partial charge in [-0.3, -0.25) is 18.5 Å². The van der Waals surface area contributed by atoms with Gasteiger partial charge in [-0.1, -0.05) is 16.1 Å². The van der Waals surface area contributed by atoms with Crippen LogP contribution in [0.2, 0.25) is 0 Å². The summed E-state index contributed by atoms with van der Waals surface area (Å²) in [5, 5.41) is 11.3. The summed E-state index contributed by atoms with van der Waals surface area (Å²) in [6.07, 6.45) is -1.64. The van der Waals surface area contributed by atoms with Crippen molar-refractivity contribution in [2.45, 2.75) is 64.4 Å². The lowest BCUT2D eigenvalue weighted by atomic mass is 10.1. The minimum absolute atomic E-state index is 0.0241. The van der Waals surface area contributed by atoms with Crippen LogP contribution in [0.15, 0.2) is 10.2 Å². The minimum Gasteiger partial charge on any atom is -0.756 e. The number of Topliss-reactive ketones (excluding diaryl/α,β-unsaturated/α-hetero) is 1. The number of phosphoric ester groups is 1. The molecule has 1 rings (SSSR count). The van der Waals surface area contributed by atoms with E-state index in [1.165, 1.54) is 6.92 Å². The molecule has 3 N–H and O–H groups in total. The molecule has 0 aromatic rings. The van der Waals surface area contributed by atoms with E-state index in [1.807, 2.05) is 0 Å². The summed E-state index contributed by atoms with van der Waals surface area (Å²) in [5.74, 6) is 4.65. The molecule has 1 heterocycles. The van der Waals surface area contributed by atoms with E-state index in [2.05, 4.69) is 55.7 Å². The lowest BCUT2D eigenvalue weighted by Gasteiger charge is -2.33. The fraction of sp³-hybridized carbons (Fsp3) is 0.750. The van der Waals surface area contributed by atoms with Crippen molar-refractivity contribution in [2.75, 3.05) is 33.0 Å². The normalized spacial score (nSPS) is 21.1. The van der Waals surface area contributed by atoms with Crippen molar-refractivity contribution in [1.82, 2.24) is 10.6 Å². The number of carbonyl (C=O) groups excluding carboxylic acids is 3. The minimum atomic E-state index is -5.95. The molecule has 0 aromatic heterocycles. The Morgan fingerprint density at radius 1 is 1.13 bits per heavy atom. The number of nitrogens with one attached hydrogen (secondary N) is 2. The Morgan fingerprint density at radius 3 is 2.38 bits per heavy atom. The molecule has 7 atom stereocenters. The summed E-state index contributed by atoms with van der Waals surface area (Å²) in [4.78, 5) is 79.8. The van der Waals surface area contributed by atoms with Gasteiger partial charge in [-0.25, -0.2) is 13.4 Å². The third kappa shape index (κ3) is 23.0. The van der Waals surface area contributed by atoms with Crippen molar-refractivity contribution in [3.63, 3.8) is 0 Å². The molecule has 0 aromatic carbocycles. The molecule has 0 saturated carbocycles. The van der Waals surface area contributed by atoms with E-state index < -0.39 is 60.3 Å². The van der Waals surface area contributed by atoms with E-state index in [-0.39, 0.29) is 38.3 Å². The quantitative estimate of drug-likeness (QED) is 0.0397. The SMILES string of the molecule is CC#CCNC(=O)OCC(N=[N+]=[N-])C(=O)NCCCC(C)=O.C[C@H]1C[C@@H](OCN=[N+]=[N-])[C@@H](COP(=O)([O-])OP(=O)([O-])OP(=O)([O-])O)O1. The number of hydrogen-bond donors (Lipinski definition) is 3. The topological polar surface area (TPSA) is 369 Å². The maximum absolute atomic E-state index is 11.8. The summed E-state index contributed by atoms with van der Waals surface area (Å²) < 4.78 is 58.9. The Balaban J connectivity index is 0.000000909. The lowest BCUT2D eigenvalue weighted by molar-refractivity contribution is -0.250. The first-order valence-electron chi connectivity index (χ1n) is 13.0. The molecule has 1 saturated heterocycles. The van der Waals surface area contributed by atoms with Gasteiger partial charge in [-0.05, 0) is 38.3 Å². The zero-order valence-corrected chi connectivity index (χ0v) is 27.7. The summed E-state index contributed by atoms with van der Waals surface area (Å²) in [5.41, 5.74) is 16.6. The van der Waals surface area contributed by atoms with Gasteiger partial charge in [0.15, 0.2) is 6.04 Å². The van der Waals surface area contributed by atoms with Gasteiger partial charge in [0.25, 0.3) is 23.5 Å². The monoisotopic (exact) mass is 733 g/mol. The van der Waals surface area contributed by atoms with Crippen molar-refractivity contribution in [1.29, 1.82) is 0 Å². The van der Waals surface area contributed by atoms with E-state index in [1.54, 1.807) is 13.8 Å². The van der Waals surface area contributed by atoms with E-state index in [0.29, 0.717) is 19.3 Å². The molecule has 1 aliphatic heterocycles. The fourth-order valence-corrected chi connectivity index (χ4v) is 6.05. The van der Waals surface area contributed by atoms with Crippen LogP contribution in [0.3, 0.4) is 0 Å². The van der Waals surface area contributed by atoms with E-state index >= 15 is 0 Å². The second-order valence-electron chi connectivity index (χ2n) is 8.80. The molecule has 266 valence electrons. The molecule has 2 amide bonds. The van der Waals surface area contributed by atoms with Crippen LogP contribution < -0.4 is 25.3 Å². The van der Waals surface area contributed by atoms with Crippen molar-refractivity contribution in [3.8, 4) is 11.8 Å². The van der Waals surface area contributed by atoms with Gasteiger partial charge >= 0.3 is 6.09 Å². The van der Waals surface area contributed by atoms with Crippen LogP contribution in [0.5, 0.6) is 0 Å². The van der Waals surface area contributed by atoms with Crippen LogP contribution in [0, 0.1) is 11.8 Å². The molecule has 1 aliphatic rings. The Morgan fingerprint density at radius 2 is 1.81 bits per heavy atom. The van der Waals surface area contributed by atoms with Gasteiger partial charge in [0.05, 0.1) is 25.4 Å². The van der Waals surface area contributed by atoms with Crippen molar-refractivity contribution < 1.29 is 75.0 Å². The molecule has 47 heavy (non-hydrogen) atoms. The number of azide groups is 2. The fourth-order valence-electron chi connectivity index (χ4n) is 3.15. The van der Waals surface area contributed by atoms with Gasteiger partial charge in [0.1, 0.15) is 25.2 Å². The molecule has 24 nitrogen and oxygen atoms in total. The standard InChI is InChI=1S/C13H19N5O4.C7H16N3O12P3/c1-3-4-7-16-13(21)22-9-11(17-18-14)12(20)15-8-5-6-10(2)19;1-5-2-6(18-4-9-10-8)7(20-5)3-19-24(14,15)22-25(16,17)21-23(11,12)13/h11H,5-9H2,1-2H3,(H,15,20)(H,16,21);5-7H,2-4H2,1H3,(H,14,15)(H,16,17)(H2,11,12,13)/p-3/t;5-,6+,7+/m.0/s1. The molecular formula is C20H32N8O16P3-3. The number of amides is 2. The molecule has 4 unspecified atom stereocenters. The summed E-state index contributed by atoms with van der Waals surface area (Å²) >= 11 is 0. The highest BCUT2D eigenvalue weighted by molar-refractivity contribution is 7.65. The van der Waals surface area contributed by atoms with Gasteiger partial charge in [0.2, 0.25) is 5.91 Å². The van der Waals surface area contributed by atoms with E-state index in [0.717, 1.165) is 0 Å². The Kier molecular flexibility index (Phi) is 21.0. The molecule has 1 fully saturated rings. The molecule has 0 aliphatic carbocycles. The zero-order valence-electron chi connectivity index (χ0n) is 25.1. The Hall–Kier alpha value is -3.08. The zero-order chi connectivity index (χ0) is 36.1. The maximum atomic E-state index is 11.8. The molecule has 27 heteroatoms. The summed E-state index contributed by atoms with van der Waals surface area (Å²) in [6.45, 7) is 3.66. The first kappa shape index (κ1) is 43.9. The van der Waals surface area contributed by atoms with E-state index in [4.69, 9.17) is 30.2 Å². The van der Waals surface area contributed by atoms with Crippen LogP contribution in [0.4, 0.5) is 4.79 Å². The van der Waals surface area contributed by atoms with Crippen LogP contribution in [-0.4, -0.2) is 80.1 Å². The smallest absolute Gasteiger partial charge is 0.407 e. The van der Waals surface area contributed by atoms with Crippen LogP contribution in [-0.2, 0) is 50.6 Å².